The maximum atomic E-state index is 13.7. The molecule has 3 amide bonds. The van der Waals surface area contributed by atoms with Gasteiger partial charge >= 0.3 is 0 Å². The maximum absolute atomic E-state index is 13.7. The summed E-state index contributed by atoms with van der Waals surface area (Å²) in [5.41, 5.74) is 1.14. The van der Waals surface area contributed by atoms with E-state index in [0.717, 1.165) is 17.5 Å². The van der Waals surface area contributed by atoms with Crippen molar-refractivity contribution in [2.24, 2.45) is 17.8 Å². The number of ketones is 1. The Labute approximate surface area is 256 Å². The number of rotatable bonds is 17. The van der Waals surface area contributed by atoms with Crippen LogP contribution in [0.5, 0.6) is 0 Å². The lowest BCUT2D eigenvalue weighted by atomic mass is 9.93. The first kappa shape index (κ1) is 34.0. The molecular formula is C35H49N3O5. The average Bonchev–Trinajstić information content (AvgIpc) is 3.73. The van der Waals surface area contributed by atoms with Gasteiger partial charge in [0.2, 0.25) is 17.7 Å². The third kappa shape index (κ3) is 10.9. The second kappa shape index (κ2) is 15.8. The molecule has 0 saturated carbocycles. The highest BCUT2D eigenvalue weighted by molar-refractivity contribution is 5.98. The van der Waals surface area contributed by atoms with Crippen molar-refractivity contribution in [3.05, 3.63) is 71.8 Å². The normalized spacial score (nSPS) is 18.8. The predicted octanol–water partition coefficient (Wildman–Crippen LogP) is 4.40. The van der Waals surface area contributed by atoms with Crippen molar-refractivity contribution in [3.63, 3.8) is 0 Å². The summed E-state index contributed by atoms with van der Waals surface area (Å²) < 4.78 is 5.38. The number of Topliss-reactive ketones (excluding diaryl/α,β-unsaturated/α-hetero) is 1. The smallest absolute Gasteiger partial charge is 0.243 e. The molecule has 43 heavy (non-hydrogen) atoms. The summed E-state index contributed by atoms with van der Waals surface area (Å²) in [6.45, 7) is 11.9. The number of benzene rings is 2. The molecule has 8 heteroatoms. The molecule has 3 rings (SSSR count). The molecular weight excluding hydrogens is 542 g/mol. The van der Waals surface area contributed by atoms with E-state index in [1.54, 1.807) is 6.92 Å². The van der Waals surface area contributed by atoms with Gasteiger partial charge in [-0.2, -0.15) is 0 Å². The number of aryl methyl sites for hydroxylation is 1. The minimum atomic E-state index is -0.938. The first-order valence-corrected chi connectivity index (χ1v) is 15.5. The van der Waals surface area contributed by atoms with Gasteiger partial charge in [0.25, 0.3) is 0 Å². The topological polar surface area (TPSA) is 117 Å². The van der Waals surface area contributed by atoms with Gasteiger partial charge in [-0.15, -0.1) is 0 Å². The molecule has 0 aliphatic carbocycles. The van der Waals surface area contributed by atoms with Crippen LogP contribution >= 0.6 is 0 Å². The van der Waals surface area contributed by atoms with E-state index in [2.05, 4.69) is 16.0 Å². The highest BCUT2D eigenvalue weighted by Crippen LogP contribution is 2.29. The van der Waals surface area contributed by atoms with E-state index in [1.807, 2.05) is 95.3 Å². The first-order valence-electron chi connectivity index (χ1n) is 15.5. The molecule has 0 unspecified atom stereocenters. The number of ether oxygens (including phenoxy) is 1. The SMILES string of the molecule is CC(C)C[C@H](NC(=O)[C@@H](C)CCc1ccccc1)C(=O)N[C@@H](Cc1ccccc1)C(=O)N[C@@H](CC(C)C)C(=O)[C@@]1(C)CO1. The molecule has 1 aliphatic heterocycles. The molecule has 2 aromatic rings. The van der Waals surface area contributed by atoms with Gasteiger partial charge in [0.15, 0.2) is 5.78 Å². The van der Waals surface area contributed by atoms with Crippen LogP contribution in [0, 0.1) is 17.8 Å². The molecule has 3 N–H and O–H groups in total. The Kier molecular flexibility index (Phi) is 12.5. The third-order valence-corrected chi connectivity index (χ3v) is 7.85. The number of hydrogen-bond donors (Lipinski definition) is 3. The summed E-state index contributed by atoms with van der Waals surface area (Å²) in [4.78, 5) is 53.8. The minimum Gasteiger partial charge on any atom is -0.361 e. The van der Waals surface area contributed by atoms with Crippen LogP contribution in [0.4, 0.5) is 0 Å². The lowest BCUT2D eigenvalue weighted by molar-refractivity contribution is -0.135. The third-order valence-electron chi connectivity index (χ3n) is 7.85. The highest BCUT2D eigenvalue weighted by atomic mass is 16.6. The molecule has 234 valence electrons. The number of carbonyl (C=O) groups is 4. The van der Waals surface area contributed by atoms with Crippen LogP contribution in [-0.4, -0.2) is 53.8 Å². The van der Waals surface area contributed by atoms with E-state index in [4.69, 9.17) is 4.74 Å². The zero-order valence-electron chi connectivity index (χ0n) is 26.5. The Morgan fingerprint density at radius 3 is 1.70 bits per heavy atom. The summed E-state index contributed by atoms with van der Waals surface area (Å²) in [6.07, 6.45) is 2.54. The van der Waals surface area contributed by atoms with E-state index in [1.165, 1.54) is 0 Å². The molecule has 1 saturated heterocycles. The van der Waals surface area contributed by atoms with Crippen molar-refractivity contribution in [3.8, 4) is 0 Å². The van der Waals surface area contributed by atoms with Crippen LogP contribution in [0.3, 0.4) is 0 Å². The molecule has 0 radical (unpaired) electrons. The summed E-state index contributed by atoms with van der Waals surface area (Å²) in [5, 5.41) is 8.79. The monoisotopic (exact) mass is 591 g/mol. The molecule has 5 atom stereocenters. The van der Waals surface area contributed by atoms with E-state index >= 15 is 0 Å². The van der Waals surface area contributed by atoms with Gasteiger partial charge in [-0.05, 0) is 55.6 Å². The zero-order valence-corrected chi connectivity index (χ0v) is 26.5. The zero-order chi connectivity index (χ0) is 31.6. The van der Waals surface area contributed by atoms with Gasteiger partial charge < -0.3 is 20.7 Å². The lowest BCUT2D eigenvalue weighted by Crippen LogP contribution is -2.57. The van der Waals surface area contributed by atoms with Crippen LogP contribution in [-0.2, 0) is 36.8 Å². The van der Waals surface area contributed by atoms with E-state index < -0.39 is 35.5 Å². The Morgan fingerprint density at radius 2 is 1.16 bits per heavy atom. The lowest BCUT2D eigenvalue weighted by Gasteiger charge is -2.27. The van der Waals surface area contributed by atoms with Crippen LogP contribution < -0.4 is 16.0 Å². The van der Waals surface area contributed by atoms with Crippen molar-refractivity contribution in [1.82, 2.24) is 16.0 Å². The van der Waals surface area contributed by atoms with Crippen molar-refractivity contribution in [2.75, 3.05) is 6.61 Å². The Hall–Kier alpha value is -3.52. The van der Waals surface area contributed by atoms with Gasteiger partial charge in [0.1, 0.15) is 17.7 Å². The molecule has 1 fully saturated rings. The quantitative estimate of drug-likeness (QED) is 0.236. The Morgan fingerprint density at radius 1 is 0.698 bits per heavy atom. The Bertz CT molecular complexity index is 1210. The average molecular weight is 592 g/mol. The molecule has 1 aliphatic rings. The fraction of sp³-hybridized carbons (Fsp3) is 0.543. The number of amides is 3. The van der Waals surface area contributed by atoms with E-state index in [-0.39, 0.29) is 35.9 Å². The fourth-order valence-electron chi connectivity index (χ4n) is 5.10. The van der Waals surface area contributed by atoms with E-state index in [0.29, 0.717) is 25.9 Å². The van der Waals surface area contributed by atoms with Crippen LogP contribution in [0.15, 0.2) is 60.7 Å². The van der Waals surface area contributed by atoms with Gasteiger partial charge in [0, 0.05) is 12.3 Å². The molecule has 0 aromatic heterocycles. The van der Waals surface area contributed by atoms with Crippen molar-refractivity contribution >= 4 is 23.5 Å². The van der Waals surface area contributed by atoms with Crippen molar-refractivity contribution in [2.45, 2.75) is 97.4 Å². The number of hydrogen-bond acceptors (Lipinski definition) is 5. The standard InChI is InChI=1S/C35H49N3O5/c1-23(2)19-28(31(39)35(6)22-43-35)36-34(42)30(21-27-15-11-8-12-16-27)38-33(41)29(20-24(3)4)37-32(40)25(5)17-18-26-13-9-7-10-14-26/h7-16,23-25,28-30H,17-22H2,1-6H3,(H,36,42)(H,37,40)(H,38,41)/t25-,28-,29-,30-,35+/m0/s1. The summed E-state index contributed by atoms with van der Waals surface area (Å²) >= 11 is 0. The number of carbonyl (C=O) groups excluding carboxylic acids is 4. The van der Waals surface area contributed by atoms with Gasteiger partial charge in [-0.1, -0.05) is 95.3 Å². The second-order valence-electron chi connectivity index (χ2n) is 12.9. The molecule has 8 nitrogen and oxygen atoms in total. The summed E-state index contributed by atoms with van der Waals surface area (Å²) in [5.74, 6) is -1.21. The molecule has 0 spiro atoms. The first-order chi connectivity index (χ1) is 20.4. The molecule has 0 bridgehead atoms. The van der Waals surface area contributed by atoms with Crippen LogP contribution in [0.1, 0.15) is 71.9 Å². The summed E-state index contributed by atoms with van der Waals surface area (Å²) in [7, 11) is 0. The van der Waals surface area contributed by atoms with Crippen LogP contribution in [0.25, 0.3) is 0 Å². The summed E-state index contributed by atoms with van der Waals surface area (Å²) in [6, 6.07) is 16.9. The maximum Gasteiger partial charge on any atom is 0.243 e. The number of epoxide rings is 1. The van der Waals surface area contributed by atoms with E-state index in [9.17, 15) is 19.2 Å². The molecule has 1 heterocycles. The molecule has 2 aromatic carbocycles. The van der Waals surface area contributed by atoms with Gasteiger partial charge in [-0.3, -0.25) is 19.2 Å². The largest absolute Gasteiger partial charge is 0.361 e. The fourth-order valence-corrected chi connectivity index (χ4v) is 5.10. The van der Waals surface area contributed by atoms with Gasteiger partial charge in [-0.25, -0.2) is 0 Å². The van der Waals surface area contributed by atoms with Crippen molar-refractivity contribution in [1.29, 1.82) is 0 Å². The minimum absolute atomic E-state index is 0.129. The highest BCUT2D eigenvalue weighted by Gasteiger charge is 2.50. The van der Waals surface area contributed by atoms with Crippen molar-refractivity contribution < 1.29 is 23.9 Å². The second-order valence-corrected chi connectivity index (χ2v) is 12.9. The Balaban J connectivity index is 1.74. The van der Waals surface area contributed by atoms with Crippen LogP contribution in [0.2, 0.25) is 0 Å². The predicted molar refractivity (Wildman–Crippen MR) is 168 cm³/mol. The van der Waals surface area contributed by atoms with Gasteiger partial charge in [0.05, 0.1) is 12.6 Å². The number of nitrogens with one attached hydrogen (secondary N) is 3.